The molecule has 3 aliphatic rings. The monoisotopic (exact) mass is 495 g/mol. The average Bonchev–Trinajstić information content (AvgIpc) is 3.47. The highest BCUT2D eigenvalue weighted by molar-refractivity contribution is 7.13. The van der Waals surface area contributed by atoms with E-state index in [9.17, 15) is 5.11 Å². The average molecular weight is 496 g/mol. The Balaban J connectivity index is 0.00000193. The van der Waals surface area contributed by atoms with Crippen LogP contribution in [0, 0.1) is 0 Å². The van der Waals surface area contributed by atoms with Crippen LogP contribution in [-0.2, 0) is 11.8 Å². The number of aromatic nitrogens is 1. The fraction of sp³-hybridized carbons (Fsp3) is 0.240. The molecule has 5 heteroatoms. The van der Waals surface area contributed by atoms with E-state index < -0.39 is 0 Å². The van der Waals surface area contributed by atoms with Crippen LogP contribution in [0.3, 0.4) is 0 Å². The first-order chi connectivity index (χ1) is 14.3. The van der Waals surface area contributed by atoms with Gasteiger partial charge in [-0.1, -0.05) is 36.4 Å². The molecule has 1 aliphatic carbocycles. The molecule has 4 aromatic rings. The number of halogens is 1. The largest absolute Gasteiger partial charge is 1.00 e. The Morgan fingerprint density at radius 1 is 0.933 bits per heavy atom. The third-order valence-corrected chi connectivity index (χ3v) is 9.02. The number of hydrogen-bond acceptors (Lipinski definition) is 3. The van der Waals surface area contributed by atoms with Gasteiger partial charge in [-0.15, -0.1) is 22.7 Å². The third kappa shape index (κ3) is 2.72. The van der Waals surface area contributed by atoms with Crippen molar-refractivity contribution >= 4 is 22.7 Å². The number of thiophene rings is 2. The molecule has 0 amide bonds. The van der Waals surface area contributed by atoms with Crippen molar-refractivity contribution in [1.82, 2.24) is 0 Å². The number of pyridine rings is 1. The van der Waals surface area contributed by atoms with Gasteiger partial charge in [0.05, 0.1) is 11.3 Å². The fourth-order valence-corrected chi connectivity index (χ4v) is 7.82. The predicted octanol–water partition coefficient (Wildman–Crippen LogP) is 2.06. The van der Waals surface area contributed by atoms with Crippen LogP contribution in [0.1, 0.15) is 49.8 Å². The van der Waals surface area contributed by atoms with Crippen LogP contribution in [0.5, 0.6) is 0 Å². The number of rotatable bonds is 4. The summed E-state index contributed by atoms with van der Waals surface area (Å²) in [6, 6.07) is 25.1. The maximum absolute atomic E-state index is 9.46. The Hall–Kier alpha value is -1.79. The van der Waals surface area contributed by atoms with Crippen LogP contribution in [0.4, 0.5) is 0 Å². The molecule has 0 spiro atoms. The molecule has 1 N–H and O–H groups in total. The molecular formula is C25H22BrNOS2. The highest BCUT2D eigenvalue weighted by atomic mass is 79.9. The Bertz CT molecular complexity index is 1140. The minimum absolute atomic E-state index is 0. The minimum Gasteiger partial charge on any atom is -1.00 e. The molecule has 0 fully saturated rings. The van der Waals surface area contributed by atoms with Crippen molar-refractivity contribution in [2.45, 2.75) is 30.2 Å². The van der Waals surface area contributed by atoms with Gasteiger partial charge in [-0.3, -0.25) is 0 Å². The summed E-state index contributed by atoms with van der Waals surface area (Å²) in [6.07, 6.45) is 4.07. The summed E-state index contributed by atoms with van der Waals surface area (Å²) in [5.41, 5.74) is 4.31. The Morgan fingerprint density at radius 2 is 1.77 bits per heavy atom. The van der Waals surface area contributed by atoms with E-state index in [4.69, 9.17) is 0 Å². The number of hydrogen-bond donors (Lipinski definition) is 1. The van der Waals surface area contributed by atoms with Crippen LogP contribution < -0.4 is 21.5 Å². The molecule has 3 unspecified atom stereocenters. The molecule has 0 radical (unpaired) electrons. The number of fused-ring (bicyclic) bond motifs is 1. The van der Waals surface area contributed by atoms with Crippen LogP contribution in [0.2, 0.25) is 0 Å². The van der Waals surface area contributed by atoms with E-state index in [0.717, 1.165) is 12.8 Å². The molecule has 2 aliphatic heterocycles. The first kappa shape index (κ1) is 20.1. The summed E-state index contributed by atoms with van der Waals surface area (Å²) >= 11 is 3.77. The van der Waals surface area contributed by atoms with Crippen LogP contribution in [-0.4, -0.2) is 11.7 Å². The van der Waals surface area contributed by atoms with Gasteiger partial charge in [0.15, 0.2) is 17.9 Å². The second-order valence-corrected chi connectivity index (χ2v) is 10.1. The number of benzene rings is 1. The number of aliphatic hydroxyl groups excluding tert-OH is 1. The maximum atomic E-state index is 9.46. The summed E-state index contributed by atoms with van der Waals surface area (Å²) in [5.74, 6) is 0.296. The third-order valence-electron chi connectivity index (χ3n) is 6.65. The van der Waals surface area contributed by atoms with Crippen molar-refractivity contribution in [1.29, 1.82) is 0 Å². The first-order valence-corrected chi connectivity index (χ1v) is 11.9. The molecule has 1 aromatic carbocycles. The van der Waals surface area contributed by atoms with Gasteiger partial charge in [-0.05, 0) is 29.1 Å². The predicted molar refractivity (Wildman–Crippen MR) is 118 cm³/mol. The molecule has 7 rings (SSSR count). The summed E-state index contributed by atoms with van der Waals surface area (Å²) in [6.45, 7) is 0.208. The van der Waals surface area contributed by atoms with Crippen molar-refractivity contribution < 1.29 is 26.7 Å². The topological polar surface area (TPSA) is 24.1 Å². The van der Waals surface area contributed by atoms with E-state index in [0.29, 0.717) is 12.0 Å². The minimum atomic E-state index is -0.0487. The van der Waals surface area contributed by atoms with Gasteiger partial charge in [0.1, 0.15) is 0 Å². The second kappa shape index (κ2) is 7.72. The first-order valence-electron chi connectivity index (χ1n) is 10.2. The van der Waals surface area contributed by atoms with Crippen molar-refractivity contribution in [3.8, 4) is 0 Å². The van der Waals surface area contributed by atoms with Gasteiger partial charge in [0, 0.05) is 51.8 Å². The van der Waals surface area contributed by atoms with Gasteiger partial charge in [0.2, 0.25) is 0 Å². The van der Waals surface area contributed by atoms with E-state index in [2.05, 4.69) is 82.9 Å². The summed E-state index contributed by atoms with van der Waals surface area (Å²) < 4.78 is 2.50. The lowest BCUT2D eigenvalue weighted by Gasteiger charge is -2.48. The molecule has 2 nitrogen and oxygen atoms in total. The fourth-order valence-electron chi connectivity index (χ4n) is 5.54. The van der Waals surface area contributed by atoms with Gasteiger partial charge < -0.3 is 22.1 Å². The molecule has 5 heterocycles. The zero-order valence-corrected chi connectivity index (χ0v) is 19.6. The Morgan fingerprint density at radius 3 is 2.57 bits per heavy atom. The molecule has 3 atom stereocenters. The maximum Gasteiger partial charge on any atom is 0.190 e. The molecular weight excluding hydrogens is 474 g/mol. The van der Waals surface area contributed by atoms with Crippen molar-refractivity contribution in [2.75, 3.05) is 6.61 Å². The van der Waals surface area contributed by atoms with Crippen molar-refractivity contribution in [3.63, 3.8) is 0 Å². The van der Waals surface area contributed by atoms with Crippen LogP contribution in [0.25, 0.3) is 0 Å². The molecule has 0 saturated carbocycles. The molecule has 0 saturated heterocycles. The lowest BCUT2D eigenvalue weighted by molar-refractivity contribution is -0.732. The van der Waals surface area contributed by atoms with Crippen molar-refractivity contribution in [3.05, 3.63) is 110 Å². The highest BCUT2D eigenvalue weighted by Crippen LogP contribution is 2.61. The standard InChI is InChI=1S/C25H22NOS2.BrH/c27-14-12-17-10-11-23(29-17)25(22-9-5-15-28-22)16-21-18-6-1-2-7-19(18)24(25)20-8-3-4-13-26(20)21;/h1-11,13,15,21,24,27H,12,14,16H2;1H/q+1;/p-1. The van der Waals surface area contributed by atoms with Crippen molar-refractivity contribution in [2.24, 2.45) is 0 Å². The van der Waals surface area contributed by atoms with Gasteiger partial charge >= 0.3 is 0 Å². The summed E-state index contributed by atoms with van der Waals surface area (Å²) in [7, 11) is 0. The summed E-state index contributed by atoms with van der Waals surface area (Å²) in [5, 5.41) is 11.7. The van der Waals surface area contributed by atoms with E-state index >= 15 is 0 Å². The normalized spacial score (nSPS) is 23.5. The molecule has 30 heavy (non-hydrogen) atoms. The quantitative estimate of drug-likeness (QED) is 0.430. The zero-order chi connectivity index (χ0) is 19.4. The van der Waals surface area contributed by atoms with Crippen LogP contribution in [0.15, 0.2) is 78.3 Å². The molecule has 2 bridgehead atoms. The van der Waals surface area contributed by atoms with E-state index in [1.54, 1.807) is 0 Å². The second-order valence-electron chi connectivity index (χ2n) is 8.00. The van der Waals surface area contributed by atoms with E-state index in [-0.39, 0.29) is 29.0 Å². The number of nitrogens with zero attached hydrogens (tertiary/aromatic N) is 1. The van der Waals surface area contributed by atoms with Crippen LogP contribution >= 0.6 is 22.7 Å². The smallest absolute Gasteiger partial charge is 0.190 e. The SMILES string of the molecule is OCCc1ccc(C2(c3cccs3)CC3c4ccccc4C2c2cccc[n+]23)s1.[Br-]. The number of aliphatic hydroxyl groups is 1. The Kier molecular flexibility index (Phi) is 5.18. The lowest BCUT2D eigenvalue weighted by Crippen LogP contribution is -3.00. The molecule has 152 valence electrons. The Labute approximate surface area is 195 Å². The lowest BCUT2D eigenvalue weighted by atomic mass is 9.57. The molecule has 3 aromatic heterocycles. The zero-order valence-electron chi connectivity index (χ0n) is 16.4. The van der Waals surface area contributed by atoms with Gasteiger partial charge in [-0.25, -0.2) is 0 Å². The van der Waals surface area contributed by atoms with E-state index in [1.807, 2.05) is 22.7 Å². The van der Waals surface area contributed by atoms with Gasteiger partial charge in [0.25, 0.3) is 0 Å². The summed E-state index contributed by atoms with van der Waals surface area (Å²) in [4.78, 5) is 4.16. The van der Waals surface area contributed by atoms with Gasteiger partial charge in [-0.2, -0.15) is 4.57 Å². The van der Waals surface area contributed by atoms with E-state index in [1.165, 1.54) is 31.5 Å². The highest BCUT2D eigenvalue weighted by Gasteiger charge is 2.60.